The van der Waals surface area contributed by atoms with E-state index in [4.69, 9.17) is 9.98 Å². The summed E-state index contributed by atoms with van der Waals surface area (Å²) in [5, 5.41) is 20.7. The summed E-state index contributed by atoms with van der Waals surface area (Å²) in [6, 6.07) is 41.0. The number of benzene rings is 11. The van der Waals surface area contributed by atoms with Gasteiger partial charge >= 0.3 is 0 Å². The van der Waals surface area contributed by atoms with E-state index in [-0.39, 0.29) is 17.5 Å². The van der Waals surface area contributed by atoms with Gasteiger partial charge in [0.05, 0.1) is 22.8 Å². The molecule has 0 fully saturated rings. The van der Waals surface area contributed by atoms with Crippen LogP contribution in [0.1, 0.15) is 49.9 Å². The molecule has 6 heteroatoms. The third kappa shape index (κ3) is 3.95. The van der Waals surface area contributed by atoms with Crippen molar-refractivity contribution in [1.82, 2.24) is 14.3 Å². The number of rotatable bonds is 1. The first kappa shape index (κ1) is 35.2. The molecule has 0 saturated carbocycles. The number of fused-ring (bicyclic) bond motifs is 12. The zero-order valence-corrected chi connectivity index (χ0v) is 36.5. The largest absolute Gasteiger partial charge is 0.300 e. The Balaban J connectivity index is 0.844. The molecule has 1 amide bonds. The van der Waals surface area contributed by atoms with Gasteiger partial charge in [-0.3, -0.25) is 19.0 Å². The molecule has 1 aliphatic carbocycles. The van der Waals surface area contributed by atoms with Gasteiger partial charge in [0.25, 0.3) is 11.5 Å². The maximum Gasteiger partial charge on any atom is 0.264 e. The molecule has 0 bridgehead atoms. The summed E-state index contributed by atoms with van der Waals surface area (Å²) < 4.78 is 1.80. The van der Waals surface area contributed by atoms with Crippen molar-refractivity contribution in [3.63, 3.8) is 0 Å². The monoisotopic (exact) mass is 844 g/mol. The van der Waals surface area contributed by atoms with Gasteiger partial charge in [-0.05, 0) is 173 Å². The first-order valence-electron chi connectivity index (χ1n) is 22.9. The van der Waals surface area contributed by atoms with Crippen LogP contribution in [0.5, 0.6) is 0 Å². The Morgan fingerprint density at radius 2 is 1.00 bits per heavy atom. The number of carbonyl (C=O) groups is 1. The Bertz CT molecular complexity index is 4570. The Labute approximate surface area is 376 Å². The van der Waals surface area contributed by atoms with Gasteiger partial charge in [-0.15, -0.1) is 0 Å². The summed E-state index contributed by atoms with van der Waals surface area (Å²) in [6.07, 6.45) is 5.93. The first-order valence-corrected chi connectivity index (χ1v) is 22.9. The number of hydrogen-bond donors (Lipinski definition) is 0. The molecule has 3 aliphatic rings. The predicted octanol–water partition coefficient (Wildman–Crippen LogP) is 13.7. The molecule has 11 aromatic carbocycles. The van der Waals surface area contributed by atoms with E-state index in [1.165, 1.54) is 76.1 Å². The maximum atomic E-state index is 14.7. The smallest absolute Gasteiger partial charge is 0.264 e. The number of nitrogens with zero attached hydrogens (tertiary/aromatic N) is 4. The molecule has 4 heterocycles. The number of aliphatic imine (C=N–C) groups is 1. The van der Waals surface area contributed by atoms with Gasteiger partial charge < -0.3 is 4.90 Å². The zero-order valence-electron chi connectivity index (χ0n) is 36.5. The third-order valence-corrected chi connectivity index (χ3v) is 16.0. The van der Waals surface area contributed by atoms with Gasteiger partial charge in [0.2, 0.25) is 0 Å². The maximum absolute atomic E-state index is 14.7. The molecule has 0 N–H and O–H groups in total. The lowest BCUT2D eigenvalue weighted by molar-refractivity contribution is 0.0692. The van der Waals surface area contributed by atoms with Gasteiger partial charge in [-0.25, -0.2) is 4.98 Å². The molecule has 66 heavy (non-hydrogen) atoms. The molecule has 16 rings (SSSR count). The Morgan fingerprint density at radius 3 is 1.62 bits per heavy atom. The van der Waals surface area contributed by atoms with Crippen molar-refractivity contribution in [3.8, 4) is 0 Å². The molecule has 6 nitrogen and oxygen atoms in total. The Hall–Kier alpha value is -8.22. The fraction of sp³-hybridized carbons (Fsp3) is 0.100. The fourth-order valence-electron chi connectivity index (χ4n) is 13.1. The van der Waals surface area contributed by atoms with Crippen LogP contribution in [0.4, 0.5) is 0 Å². The fourth-order valence-corrected chi connectivity index (χ4v) is 13.1. The van der Waals surface area contributed by atoms with Crippen molar-refractivity contribution in [2.24, 2.45) is 4.99 Å². The molecule has 13 aromatic rings. The highest BCUT2D eigenvalue weighted by molar-refractivity contribution is 6.39. The van der Waals surface area contributed by atoms with Crippen molar-refractivity contribution < 1.29 is 4.79 Å². The predicted molar refractivity (Wildman–Crippen MR) is 273 cm³/mol. The van der Waals surface area contributed by atoms with Gasteiger partial charge in [0, 0.05) is 32.7 Å². The Kier molecular flexibility index (Phi) is 6.14. The molecule has 308 valence electrons. The number of aromatic nitrogens is 2. The normalized spacial score (nSPS) is 17.3. The van der Waals surface area contributed by atoms with E-state index < -0.39 is 6.17 Å². The van der Waals surface area contributed by atoms with E-state index >= 15 is 0 Å². The standard InChI is InChI=1S/C60H36N4O2/c1-27-5-11-33-37-15-19-41-55-43(21-17-39(53(37)55)35-13-7-29(3)49(27)51(33)35)59(65)63-47-23-9-31(25-45(47)61-57(41)63)32-10-24-48-46(26-32)62-58-42-20-16-38-34-12-6-28(2)50-30(4)8-14-36(52(34)50)40-18-22-44(56(42)54(38)40)60(66)64(48)58/h5-26,47,57H,1-4H3. The highest BCUT2D eigenvalue weighted by atomic mass is 16.2. The highest BCUT2D eigenvalue weighted by Gasteiger charge is 2.44. The molecule has 0 saturated heterocycles. The number of carbonyl (C=O) groups excluding carboxylic acids is 1. The number of imidazole rings is 1. The van der Waals surface area contributed by atoms with Crippen LogP contribution in [0.2, 0.25) is 0 Å². The lowest BCUT2D eigenvalue weighted by Gasteiger charge is -2.34. The lowest BCUT2D eigenvalue weighted by atomic mass is 9.83. The topological polar surface area (TPSA) is 67.0 Å². The molecule has 2 aliphatic heterocycles. The summed E-state index contributed by atoms with van der Waals surface area (Å²) in [5.74, 6) is 0.00702. The molecule has 2 unspecified atom stereocenters. The second kappa shape index (κ2) is 11.5. The number of allylic oxidation sites excluding steroid dienone is 2. The van der Waals surface area contributed by atoms with Crippen molar-refractivity contribution in [1.29, 1.82) is 0 Å². The quantitative estimate of drug-likeness (QED) is 0.122. The van der Waals surface area contributed by atoms with E-state index in [0.29, 0.717) is 11.0 Å². The second-order valence-corrected chi connectivity index (χ2v) is 19.2. The van der Waals surface area contributed by atoms with E-state index in [9.17, 15) is 9.59 Å². The van der Waals surface area contributed by atoms with Gasteiger partial charge in [-0.2, -0.15) is 0 Å². The number of hydrogen-bond acceptors (Lipinski definition) is 4. The first-order chi connectivity index (χ1) is 32.2. The van der Waals surface area contributed by atoms with Crippen LogP contribution in [0, 0.1) is 27.7 Å². The van der Waals surface area contributed by atoms with Crippen LogP contribution in [0.25, 0.3) is 119 Å². The summed E-state index contributed by atoms with van der Waals surface area (Å²) in [5.41, 5.74) is 11.9. The van der Waals surface area contributed by atoms with Crippen LogP contribution < -0.4 is 5.56 Å². The molecule has 0 radical (unpaired) electrons. The average molecular weight is 845 g/mol. The number of amides is 1. The molecule has 2 aromatic heterocycles. The van der Waals surface area contributed by atoms with Crippen LogP contribution in [0.15, 0.2) is 143 Å². The van der Waals surface area contributed by atoms with E-state index in [1.807, 2.05) is 23.1 Å². The van der Waals surface area contributed by atoms with Crippen molar-refractivity contribution >= 4 is 131 Å². The van der Waals surface area contributed by atoms with E-state index in [2.05, 4.69) is 143 Å². The molecule has 0 spiro atoms. The highest BCUT2D eigenvalue weighted by Crippen LogP contribution is 2.50. The molecule has 2 atom stereocenters. The van der Waals surface area contributed by atoms with Crippen LogP contribution in [0.3, 0.4) is 0 Å². The van der Waals surface area contributed by atoms with Gasteiger partial charge in [0.1, 0.15) is 5.65 Å². The van der Waals surface area contributed by atoms with Gasteiger partial charge in [-0.1, -0.05) is 97.1 Å². The summed E-state index contributed by atoms with van der Waals surface area (Å²) >= 11 is 0. The van der Waals surface area contributed by atoms with Gasteiger partial charge in [0.15, 0.2) is 6.17 Å². The number of aryl methyl sites for hydroxylation is 4. The Morgan fingerprint density at radius 1 is 0.500 bits per heavy atom. The summed E-state index contributed by atoms with van der Waals surface area (Å²) in [7, 11) is 0. The van der Waals surface area contributed by atoms with Crippen LogP contribution in [-0.4, -0.2) is 31.9 Å². The SMILES string of the molecule is Cc1ccc2c3ccc4c5c(ccc(c6ccc(C)c1c26)c53)C1N=C2C=C(c3ccc5c(c3)nc3c6ccc7c8ccc(C)c9c(C)ccc(c%10ccc(c(=O)n53)c6c%107)c98)C=CC2N1C4=O. The molecular formula is C60H36N4O2. The second-order valence-electron chi connectivity index (χ2n) is 19.2. The minimum Gasteiger partial charge on any atom is -0.300 e. The van der Waals surface area contributed by atoms with Crippen molar-refractivity contribution in [3.05, 3.63) is 183 Å². The number of pyridine rings is 1. The van der Waals surface area contributed by atoms with Crippen LogP contribution >= 0.6 is 0 Å². The lowest BCUT2D eigenvalue weighted by Crippen LogP contribution is -2.42. The van der Waals surface area contributed by atoms with E-state index in [0.717, 1.165) is 76.7 Å². The minimum atomic E-state index is -0.430. The molecular weight excluding hydrogens is 809 g/mol. The van der Waals surface area contributed by atoms with Crippen LogP contribution in [-0.2, 0) is 0 Å². The van der Waals surface area contributed by atoms with E-state index in [1.54, 1.807) is 4.40 Å². The van der Waals surface area contributed by atoms with Crippen molar-refractivity contribution in [2.45, 2.75) is 39.9 Å². The summed E-state index contributed by atoms with van der Waals surface area (Å²) in [6.45, 7) is 8.77. The average Bonchev–Trinajstić information content (AvgIpc) is 3.92. The summed E-state index contributed by atoms with van der Waals surface area (Å²) in [4.78, 5) is 41.9. The minimum absolute atomic E-state index is 0.00702. The zero-order chi connectivity index (χ0) is 43.8. The van der Waals surface area contributed by atoms with Crippen molar-refractivity contribution in [2.75, 3.05) is 0 Å². The third-order valence-electron chi connectivity index (χ3n) is 16.0.